The van der Waals surface area contributed by atoms with E-state index in [2.05, 4.69) is 68.8 Å². The standard InChI is InChI=1S/C26H34N6O/c1-26(2,20-15-27-21-9-3-6-17(24(20)21)16-11-12-16)14-23(33)32-13-5-8-18-19(7-4-10-22(18)32)25-28-30-31-29-25/h3,6,9,15-16,18-19,22,27H,4-5,7-8,10-14H2,1-2H3,(H,28,29,30,31). The first-order valence-electron chi connectivity index (χ1n) is 12.7. The fraction of sp³-hybridized carbons (Fsp3) is 0.615. The van der Waals surface area contributed by atoms with Gasteiger partial charge in [0.15, 0.2) is 5.82 Å². The second-order valence-electron chi connectivity index (χ2n) is 11.1. The van der Waals surface area contributed by atoms with Crippen molar-refractivity contribution in [3.8, 4) is 0 Å². The van der Waals surface area contributed by atoms with Gasteiger partial charge in [0.25, 0.3) is 0 Å². The Hall–Kier alpha value is -2.70. The largest absolute Gasteiger partial charge is 0.361 e. The number of nitrogens with one attached hydrogen (secondary N) is 2. The molecule has 0 spiro atoms. The van der Waals surface area contributed by atoms with Crippen LogP contribution in [-0.4, -0.2) is 49.0 Å². The number of benzene rings is 1. The number of aromatic amines is 2. The minimum atomic E-state index is -0.226. The first kappa shape index (κ1) is 20.9. The number of fused-ring (bicyclic) bond motifs is 2. The number of carbonyl (C=O) groups is 1. The third-order valence-corrected chi connectivity index (χ3v) is 8.47. The summed E-state index contributed by atoms with van der Waals surface area (Å²) in [7, 11) is 0. The second-order valence-corrected chi connectivity index (χ2v) is 11.1. The SMILES string of the molecule is CC(C)(CC(=O)N1CCCC2C(c3nnn[nH]3)CCCC21)c1c[nH]c2cccc(C3CC3)c12. The zero-order valence-corrected chi connectivity index (χ0v) is 19.7. The Morgan fingerprint density at radius 3 is 2.82 bits per heavy atom. The molecule has 0 bridgehead atoms. The molecule has 0 radical (unpaired) electrons. The highest BCUT2D eigenvalue weighted by molar-refractivity contribution is 5.89. The highest BCUT2D eigenvalue weighted by Crippen LogP contribution is 2.47. The molecular weight excluding hydrogens is 412 g/mol. The van der Waals surface area contributed by atoms with Crippen LogP contribution in [0.5, 0.6) is 0 Å². The van der Waals surface area contributed by atoms with Crippen LogP contribution in [0.3, 0.4) is 0 Å². The molecule has 1 aliphatic heterocycles. The smallest absolute Gasteiger partial charge is 0.223 e. The summed E-state index contributed by atoms with van der Waals surface area (Å²) in [4.78, 5) is 19.5. The highest BCUT2D eigenvalue weighted by Gasteiger charge is 2.43. The molecule has 2 aromatic heterocycles. The minimum Gasteiger partial charge on any atom is -0.361 e. The Kier molecular flexibility index (Phi) is 5.03. The summed E-state index contributed by atoms with van der Waals surface area (Å²) in [5.74, 6) is 2.65. The number of piperidine rings is 1. The van der Waals surface area contributed by atoms with Crippen LogP contribution >= 0.6 is 0 Å². The zero-order valence-electron chi connectivity index (χ0n) is 19.7. The maximum atomic E-state index is 13.8. The van der Waals surface area contributed by atoms with Crippen LogP contribution in [0.4, 0.5) is 0 Å². The fourth-order valence-electron chi connectivity index (χ4n) is 6.72. The molecule has 2 aliphatic carbocycles. The van der Waals surface area contributed by atoms with Gasteiger partial charge < -0.3 is 9.88 Å². The van der Waals surface area contributed by atoms with E-state index in [4.69, 9.17) is 0 Å². The molecule has 174 valence electrons. The van der Waals surface area contributed by atoms with Gasteiger partial charge >= 0.3 is 0 Å². The lowest BCUT2D eigenvalue weighted by atomic mass is 9.70. The summed E-state index contributed by atoms with van der Waals surface area (Å²) >= 11 is 0. The van der Waals surface area contributed by atoms with Gasteiger partial charge in [0.05, 0.1) is 0 Å². The Balaban J connectivity index is 1.25. The van der Waals surface area contributed by atoms with E-state index in [1.807, 2.05) is 0 Å². The molecule has 7 nitrogen and oxygen atoms in total. The number of aromatic nitrogens is 5. The molecule has 3 atom stereocenters. The van der Waals surface area contributed by atoms with Crippen LogP contribution in [0.1, 0.15) is 94.0 Å². The van der Waals surface area contributed by atoms with Gasteiger partial charge in [0, 0.05) is 47.4 Å². The van der Waals surface area contributed by atoms with E-state index >= 15 is 0 Å². The van der Waals surface area contributed by atoms with Gasteiger partial charge in [-0.05, 0) is 78.0 Å². The van der Waals surface area contributed by atoms with Crippen molar-refractivity contribution in [2.45, 2.75) is 88.5 Å². The van der Waals surface area contributed by atoms with E-state index in [0.717, 1.165) is 44.5 Å². The Labute approximate surface area is 194 Å². The van der Waals surface area contributed by atoms with Gasteiger partial charge in [-0.2, -0.15) is 0 Å². The van der Waals surface area contributed by atoms with Crippen LogP contribution in [0.2, 0.25) is 0 Å². The van der Waals surface area contributed by atoms with Gasteiger partial charge in [-0.15, -0.1) is 5.10 Å². The summed E-state index contributed by atoms with van der Waals surface area (Å²) in [5.41, 5.74) is 3.72. The van der Waals surface area contributed by atoms with E-state index in [9.17, 15) is 4.79 Å². The zero-order chi connectivity index (χ0) is 22.6. The number of rotatable bonds is 5. The molecule has 3 unspecified atom stereocenters. The maximum Gasteiger partial charge on any atom is 0.223 e. The number of tetrazole rings is 1. The highest BCUT2D eigenvalue weighted by atomic mass is 16.2. The summed E-state index contributed by atoms with van der Waals surface area (Å²) in [6.07, 6.45) is 10.8. The Morgan fingerprint density at radius 2 is 2.03 bits per heavy atom. The first-order valence-corrected chi connectivity index (χ1v) is 12.7. The van der Waals surface area contributed by atoms with Gasteiger partial charge in [0.1, 0.15) is 0 Å². The fourth-order valence-corrected chi connectivity index (χ4v) is 6.72. The van der Waals surface area contributed by atoms with E-state index < -0.39 is 0 Å². The number of hydrogen-bond donors (Lipinski definition) is 2. The van der Waals surface area contributed by atoms with Crippen molar-refractivity contribution >= 4 is 16.8 Å². The van der Waals surface area contributed by atoms with Crippen LogP contribution in [-0.2, 0) is 10.2 Å². The lowest BCUT2D eigenvalue weighted by Crippen LogP contribution is -2.52. The molecule has 1 amide bonds. The molecule has 3 aromatic rings. The van der Waals surface area contributed by atoms with Crippen molar-refractivity contribution < 1.29 is 4.79 Å². The molecule has 7 heteroatoms. The van der Waals surface area contributed by atoms with Crippen molar-refractivity contribution in [3.05, 3.63) is 41.3 Å². The van der Waals surface area contributed by atoms with Crippen molar-refractivity contribution in [2.75, 3.05) is 6.54 Å². The quantitative estimate of drug-likeness (QED) is 0.589. The Morgan fingerprint density at radius 1 is 1.15 bits per heavy atom. The number of H-pyrrole nitrogens is 2. The molecule has 3 aliphatic rings. The molecule has 2 saturated carbocycles. The van der Waals surface area contributed by atoms with Gasteiger partial charge in [-0.25, -0.2) is 5.10 Å². The summed E-state index contributed by atoms with van der Waals surface area (Å²) < 4.78 is 0. The second kappa shape index (κ2) is 7.96. The Bertz CT molecular complexity index is 1140. The van der Waals surface area contributed by atoms with Crippen molar-refractivity contribution in [1.82, 2.24) is 30.5 Å². The molecular formula is C26H34N6O. The number of hydrogen-bond acceptors (Lipinski definition) is 4. The number of nitrogens with zero attached hydrogens (tertiary/aromatic N) is 4. The summed E-state index contributed by atoms with van der Waals surface area (Å²) in [5, 5.41) is 16.2. The summed E-state index contributed by atoms with van der Waals surface area (Å²) in [6, 6.07) is 6.91. The third kappa shape index (κ3) is 3.65. The van der Waals surface area contributed by atoms with Crippen molar-refractivity contribution in [2.24, 2.45) is 5.92 Å². The monoisotopic (exact) mass is 446 g/mol. The van der Waals surface area contributed by atoms with Crippen LogP contribution in [0, 0.1) is 5.92 Å². The average molecular weight is 447 g/mol. The maximum absolute atomic E-state index is 13.8. The lowest BCUT2D eigenvalue weighted by molar-refractivity contribution is -0.139. The normalized spacial score (nSPS) is 25.9. The topological polar surface area (TPSA) is 90.6 Å². The van der Waals surface area contributed by atoms with Gasteiger partial charge in [-0.1, -0.05) is 32.4 Å². The van der Waals surface area contributed by atoms with Gasteiger partial charge in [-0.3, -0.25) is 4.79 Å². The predicted molar refractivity (Wildman–Crippen MR) is 127 cm³/mol. The molecule has 6 rings (SSSR count). The molecule has 3 heterocycles. The number of carbonyl (C=O) groups excluding carboxylic acids is 1. The molecule has 1 saturated heterocycles. The predicted octanol–water partition coefficient (Wildman–Crippen LogP) is 4.80. The lowest BCUT2D eigenvalue weighted by Gasteiger charge is -2.47. The molecule has 2 N–H and O–H groups in total. The third-order valence-electron chi connectivity index (χ3n) is 8.47. The molecule has 1 aromatic carbocycles. The van der Waals surface area contributed by atoms with E-state index in [-0.39, 0.29) is 5.41 Å². The van der Waals surface area contributed by atoms with E-state index in [0.29, 0.717) is 36.1 Å². The average Bonchev–Trinajstić information content (AvgIpc) is 3.32. The van der Waals surface area contributed by atoms with Crippen LogP contribution < -0.4 is 0 Å². The minimum absolute atomic E-state index is 0.226. The summed E-state index contributed by atoms with van der Waals surface area (Å²) in [6.45, 7) is 5.35. The van der Waals surface area contributed by atoms with Crippen molar-refractivity contribution in [3.63, 3.8) is 0 Å². The van der Waals surface area contributed by atoms with Crippen molar-refractivity contribution in [1.29, 1.82) is 0 Å². The number of likely N-dealkylation sites (tertiary alicyclic amines) is 1. The number of amides is 1. The van der Waals surface area contributed by atoms with E-state index in [1.165, 1.54) is 34.9 Å². The molecule has 33 heavy (non-hydrogen) atoms. The van der Waals surface area contributed by atoms with Crippen LogP contribution in [0.25, 0.3) is 10.9 Å². The van der Waals surface area contributed by atoms with Gasteiger partial charge in [0.2, 0.25) is 5.91 Å². The van der Waals surface area contributed by atoms with E-state index in [1.54, 1.807) is 0 Å². The molecule has 3 fully saturated rings. The first-order chi connectivity index (χ1) is 16.0. The van der Waals surface area contributed by atoms with Crippen LogP contribution in [0.15, 0.2) is 24.4 Å².